The van der Waals surface area contributed by atoms with E-state index in [4.69, 9.17) is 21.3 Å². The Kier molecular flexibility index (Phi) is 5.46. The van der Waals surface area contributed by atoms with Crippen LogP contribution in [0.25, 0.3) is 0 Å². The van der Waals surface area contributed by atoms with Gasteiger partial charge in [0.05, 0.1) is 6.54 Å². The smallest absolute Gasteiger partial charge is 0.328 e. The number of urea groups is 1. The number of guanidine groups is 1. The summed E-state index contributed by atoms with van der Waals surface area (Å²) in [6.07, 6.45) is 0.302. The van der Waals surface area contributed by atoms with Gasteiger partial charge in [0.25, 0.3) is 5.91 Å². The number of imide groups is 1. The number of rotatable bonds is 6. The van der Waals surface area contributed by atoms with Gasteiger partial charge in [-0.3, -0.25) is 14.6 Å². The molecule has 0 bridgehead atoms. The highest BCUT2D eigenvalue weighted by atomic mass is 35.5. The van der Waals surface area contributed by atoms with Crippen molar-refractivity contribution >= 4 is 29.5 Å². The van der Waals surface area contributed by atoms with Gasteiger partial charge in [-0.15, -0.1) is 0 Å². The highest BCUT2D eigenvalue weighted by Crippen LogP contribution is 2.38. The zero-order valence-corrected chi connectivity index (χ0v) is 18.4. The van der Waals surface area contributed by atoms with Crippen molar-refractivity contribution in [1.82, 2.24) is 19.6 Å². The molecule has 9 heteroatoms. The van der Waals surface area contributed by atoms with Crippen LogP contribution in [-0.2, 0) is 16.1 Å². The topological polar surface area (TPSA) is 68.7 Å². The summed E-state index contributed by atoms with van der Waals surface area (Å²) in [4.78, 5) is 38.2. The Morgan fingerprint density at radius 1 is 1.17 bits per heavy atom. The fraction of sp³-hybridized carbons (Fsp3) is 0.476. The molecule has 1 fully saturated rings. The molecule has 2 unspecified atom stereocenters. The maximum atomic E-state index is 13.5. The summed E-state index contributed by atoms with van der Waals surface area (Å²) in [5.41, 5.74) is 2.86. The summed E-state index contributed by atoms with van der Waals surface area (Å²) in [6, 6.07) is 6.30. The SMILES string of the molecule is COCCCN1C2=NC3C(C(=O)N(Cc4cccc(Cl)c4)C(=O)N3C)N2C(C)=C1C. The van der Waals surface area contributed by atoms with E-state index in [9.17, 15) is 9.59 Å². The van der Waals surface area contributed by atoms with E-state index < -0.39 is 12.2 Å². The number of benzene rings is 1. The van der Waals surface area contributed by atoms with E-state index in [1.165, 1.54) is 4.90 Å². The Hall–Kier alpha value is -2.58. The molecule has 3 aliphatic heterocycles. The molecule has 3 amide bonds. The Morgan fingerprint density at radius 3 is 2.63 bits per heavy atom. The molecule has 2 atom stereocenters. The lowest BCUT2D eigenvalue weighted by atomic mass is 10.1. The summed E-state index contributed by atoms with van der Waals surface area (Å²) < 4.78 is 5.18. The number of ether oxygens (including phenoxy) is 1. The second-order valence-electron chi connectivity index (χ2n) is 7.77. The van der Waals surface area contributed by atoms with E-state index in [2.05, 4.69) is 4.90 Å². The molecule has 0 spiro atoms. The van der Waals surface area contributed by atoms with Crippen molar-refractivity contribution in [2.24, 2.45) is 4.99 Å². The third-order valence-corrected chi connectivity index (χ3v) is 6.20. The van der Waals surface area contributed by atoms with Gasteiger partial charge in [-0.1, -0.05) is 23.7 Å². The molecule has 0 N–H and O–H groups in total. The van der Waals surface area contributed by atoms with Crippen LogP contribution in [0.4, 0.5) is 4.79 Å². The number of halogens is 1. The molecule has 0 aromatic heterocycles. The monoisotopic (exact) mass is 431 g/mol. The van der Waals surface area contributed by atoms with Gasteiger partial charge in [0.1, 0.15) is 0 Å². The Balaban J connectivity index is 1.62. The van der Waals surface area contributed by atoms with E-state index in [0.717, 1.165) is 35.9 Å². The van der Waals surface area contributed by atoms with Crippen LogP contribution < -0.4 is 0 Å². The van der Waals surface area contributed by atoms with Crippen LogP contribution in [-0.4, -0.2) is 77.0 Å². The molecule has 30 heavy (non-hydrogen) atoms. The highest BCUT2D eigenvalue weighted by Gasteiger charge is 2.55. The predicted molar refractivity (Wildman–Crippen MR) is 114 cm³/mol. The molecule has 3 heterocycles. The maximum Gasteiger partial charge on any atom is 0.328 e. The minimum Gasteiger partial charge on any atom is -0.385 e. The lowest BCUT2D eigenvalue weighted by Crippen LogP contribution is -2.64. The standard InChI is InChI=1S/C21H26ClN5O3/c1-13-14(2)27-17-18(23-20(27)25(13)9-6-10-30-4)24(3)21(29)26(19(17)28)12-15-7-5-8-16(22)11-15/h5,7-8,11,17-18H,6,9-10,12H2,1-4H3. The molecule has 0 aliphatic carbocycles. The van der Waals surface area contributed by atoms with Crippen LogP contribution in [0.2, 0.25) is 5.02 Å². The number of hydrogen-bond donors (Lipinski definition) is 0. The first-order valence-corrected chi connectivity index (χ1v) is 10.4. The van der Waals surface area contributed by atoms with Crippen LogP contribution in [0.5, 0.6) is 0 Å². The van der Waals surface area contributed by atoms with E-state index in [1.54, 1.807) is 31.2 Å². The van der Waals surface area contributed by atoms with Gasteiger partial charge >= 0.3 is 6.03 Å². The van der Waals surface area contributed by atoms with Crippen molar-refractivity contribution in [1.29, 1.82) is 0 Å². The first-order valence-electron chi connectivity index (χ1n) is 9.98. The third-order valence-electron chi connectivity index (χ3n) is 5.96. The fourth-order valence-electron chi connectivity index (χ4n) is 4.28. The van der Waals surface area contributed by atoms with E-state index in [1.807, 2.05) is 30.9 Å². The van der Waals surface area contributed by atoms with Crippen LogP contribution in [0.1, 0.15) is 25.8 Å². The van der Waals surface area contributed by atoms with Crippen molar-refractivity contribution in [3.8, 4) is 0 Å². The van der Waals surface area contributed by atoms with E-state index >= 15 is 0 Å². The summed E-state index contributed by atoms with van der Waals surface area (Å²) in [5, 5.41) is 0.572. The minimum absolute atomic E-state index is 0.175. The highest BCUT2D eigenvalue weighted by molar-refractivity contribution is 6.30. The van der Waals surface area contributed by atoms with Gasteiger partial charge in [0.2, 0.25) is 5.96 Å². The Labute approximate surface area is 181 Å². The van der Waals surface area contributed by atoms with Crippen molar-refractivity contribution in [3.63, 3.8) is 0 Å². The molecule has 1 saturated heterocycles. The molecular formula is C21H26ClN5O3. The van der Waals surface area contributed by atoms with Gasteiger partial charge in [-0.05, 0) is 38.0 Å². The quantitative estimate of drug-likeness (QED) is 0.648. The molecule has 1 aromatic carbocycles. The summed E-state index contributed by atoms with van der Waals surface area (Å²) in [7, 11) is 3.38. The number of carbonyl (C=O) groups excluding carboxylic acids is 2. The first-order chi connectivity index (χ1) is 14.3. The van der Waals surface area contributed by atoms with Gasteiger partial charge < -0.3 is 14.5 Å². The second-order valence-corrected chi connectivity index (χ2v) is 8.21. The lowest BCUT2D eigenvalue weighted by Gasteiger charge is -2.40. The Morgan fingerprint density at radius 2 is 1.93 bits per heavy atom. The average molecular weight is 432 g/mol. The molecule has 160 valence electrons. The number of methoxy groups -OCH3 is 1. The number of fused-ring (bicyclic) bond motifs is 3. The van der Waals surface area contributed by atoms with Crippen LogP contribution >= 0.6 is 11.6 Å². The van der Waals surface area contributed by atoms with Crippen molar-refractivity contribution in [3.05, 3.63) is 46.2 Å². The zero-order chi connectivity index (χ0) is 21.6. The molecule has 0 saturated carbocycles. The molecule has 1 aromatic rings. The first kappa shape index (κ1) is 20.7. The Bertz CT molecular complexity index is 946. The number of hydrogen-bond acceptors (Lipinski definition) is 6. The normalized spacial score (nSPS) is 23.4. The molecule has 0 radical (unpaired) electrons. The summed E-state index contributed by atoms with van der Waals surface area (Å²) >= 11 is 6.08. The number of likely N-dealkylation sites (N-methyl/N-ethyl adjacent to an activating group) is 1. The van der Waals surface area contributed by atoms with Gasteiger partial charge in [0, 0.05) is 43.7 Å². The lowest BCUT2D eigenvalue weighted by molar-refractivity contribution is -0.137. The number of carbonyl (C=O) groups is 2. The van der Waals surface area contributed by atoms with Crippen LogP contribution in [0, 0.1) is 0 Å². The number of aliphatic imine (C=N–C) groups is 1. The van der Waals surface area contributed by atoms with Gasteiger partial charge in [-0.2, -0.15) is 0 Å². The molecular weight excluding hydrogens is 406 g/mol. The number of allylic oxidation sites excluding steroid dienone is 2. The van der Waals surface area contributed by atoms with Crippen LogP contribution in [0.15, 0.2) is 40.7 Å². The van der Waals surface area contributed by atoms with Crippen molar-refractivity contribution in [2.75, 3.05) is 27.3 Å². The maximum absolute atomic E-state index is 13.5. The van der Waals surface area contributed by atoms with Crippen molar-refractivity contribution in [2.45, 2.75) is 39.0 Å². The molecule has 8 nitrogen and oxygen atoms in total. The number of nitrogens with zero attached hydrogens (tertiary/aromatic N) is 5. The molecule has 4 rings (SSSR count). The average Bonchev–Trinajstić information content (AvgIpc) is 3.21. The number of amides is 3. The largest absolute Gasteiger partial charge is 0.385 e. The third kappa shape index (κ3) is 3.24. The predicted octanol–water partition coefficient (Wildman–Crippen LogP) is 2.70. The van der Waals surface area contributed by atoms with E-state index in [0.29, 0.717) is 11.6 Å². The van der Waals surface area contributed by atoms with Gasteiger partial charge in [0.15, 0.2) is 12.2 Å². The fourth-order valence-corrected chi connectivity index (χ4v) is 4.49. The minimum atomic E-state index is -0.566. The summed E-state index contributed by atoms with van der Waals surface area (Å²) in [6.45, 7) is 5.59. The molecule has 3 aliphatic rings. The van der Waals surface area contributed by atoms with E-state index in [-0.39, 0.29) is 18.5 Å². The van der Waals surface area contributed by atoms with Crippen LogP contribution in [0.3, 0.4) is 0 Å². The van der Waals surface area contributed by atoms with Crippen molar-refractivity contribution < 1.29 is 14.3 Å². The summed E-state index contributed by atoms with van der Waals surface area (Å²) in [5.74, 6) is 0.487. The van der Waals surface area contributed by atoms with Gasteiger partial charge in [-0.25, -0.2) is 9.79 Å². The zero-order valence-electron chi connectivity index (χ0n) is 17.6. The second kappa shape index (κ2) is 7.92.